The van der Waals surface area contributed by atoms with Gasteiger partial charge in [0, 0.05) is 58.1 Å². The lowest BCUT2D eigenvalue weighted by molar-refractivity contribution is -0.114. The second-order valence-electron chi connectivity index (χ2n) is 8.34. The molecule has 176 valence electrons. The summed E-state index contributed by atoms with van der Waals surface area (Å²) in [5.41, 5.74) is 1.76. The normalized spacial score (nSPS) is 16.7. The summed E-state index contributed by atoms with van der Waals surface area (Å²) in [5, 5.41) is 3.13. The molecule has 0 radical (unpaired) electrons. The number of fused-ring (bicyclic) bond motifs is 1. The highest BCUT2D eigenvalue weighted by Crippen LogP contribution is 2.33. The number of nitrogens with one attached hydrogen (secondary N) is 1. The Bertz CT molecular complexity index is 1370. The summed E-state index contributed by atoms with van der Waals surface area (Å²) < 4.78 is 32.8. The molecule has 0 aromatic carbocycles. The second kappa shape index (κ2) is 8.73. The van der Waals surface area contributed by atoms with E-state index in [1.807, 2.05) is 6.92 Å². The van der Waals surface area contributed by atoms with E-state index in [4.69, 9.17) is 4.42 Å². The standard InChI is InChI=1S/C22H27N5O5S/c1-14(26-7-9-27(10-8-26)33(4,30)31)19-12-17-21(32-19)18(13-25(3)22(17)29)16-5-6-23-20(11-16)24-15(2)28/h5-6,11-14H,7-10H2,1-4H3,(H,23,24,28)/t14-/m1/s1. The first-order valence-electron chi connectivity index (χ1n) is 10.6. The van der Waals surface area contributed by atoms with Crippen molar-refractivity contribution in [3.05, 3.63) is 46.7 Å². The van der Waals surface area contributed by atoms with Gasteiger partial charge in [-0.2, -0.15) is 4.31 Å². The van der Waals surface area contributed by atoms with Crippen LogP contribution in [0.5, 0.6) is 0 Å². The lowest BCUT2D eigenvalue weighted by Gasteiger charge is -2.36. The van der Waals surface area contributed by atoms with Gasteiger partial charge in [0.05, 0.1) is 17.7 Å². The monoisotopic (exact) mass is 473 g/mol. The Kier molecular flexibility index (Phi) is 6.12. The van der Waals surface area contributed by atoms with Crippen LogP contribution in [0.1, 0.15) is 25.6 Å². The average molecular weight is 474 g/mol. The number of aromatic nitrogens is 2. The van der Waals surface area contributed by atoms with Crippen LogP contribution in [0.25, 0.3) is 22.1 Å². The molecule has 1 N–H and O–H groups in total. The number of hydrogen-bond acceptors (Lipinski definition) is 7. The van der Waals surface area contributed by atoms with Crippen molar-refractivity contribution in [2.75, 3.05) is 37.8 Å². The van der Waals surface area contributed by atoms with E-state index in [0.29, 0.717) is 54.3 Å². The van der Waals surface area contributed by atoms with Crippen LogP contribution in [-0.4, -0.2) is 65.5 Å². The molecule has 1 aliphatic heterocycles. The quantitative estimate of drug-likeness (QED) is 0.600. The van der Waals surface area contributed by atoms with Crippen LogP contribution >= 0.6 is 0 Å². The SMILES string of the molecule is CC(=O)Nc1cc(-c2cn(C)c(=O)c3cc([C@@H](C)N4CCN(S(C)(=O)=O)CC4)oc23)ccn1. The van der Waals surface area contributed by atoms with Gasteiger partial charge in [-0.3, -0.25) is 14.5 Å². The number of rotatable bonds is 5. The van der Waals surface area contributed by atoms with E-state index >= 15 is 0 Å². The molecular formula is C22H27N5O5S. The van der Waals surface area contributed by atoms with Crippen molar-refractivity contribution >= 4 is 32.7 Å². The van der Waals surface area contributed by atoms with Crippen molar-refractivity contribution in [1.82, 2.24) is 18.8 Å². The molecule has 1 fully saturated rings. The number of carbonyl (C=O) groups excluding carboxylic acids is 1. The van der Waals surface area contributed by atoms with Crippen LogP contribution in [0.4, 0.5) is 5.82 Å². The number of pyridine rings is 2. The number of anilines is 1. The Morgan fingerprint density at radius 3 is 2.55 bits per heavy atom. The Labute approximate surface area is 191 Å². The number of piperazine rings is 1. The van der Waals surface area contributed by atoms with Gasteiger partial charge in [-0.25, -0.2) is 13.4 Å². The molecule has 1 amide bonds. The Hall–Kier alpha value is -3.02. The molecule has 0 unspecified atom stereocenters. The van der Waals surface area contributed by atoms with Gasteiger partial charge in [-0.15, -0.1) is 0 Å². The molecule has 3 aromatic heterocycles. The molecule has 0 aliphatic carbocycles. The van der Waals surface area contributed by atoms with Crippen molar-refractivity contribution in [2.45, 2.75) is 19.9 Å². The fourth-order valence-corrected chi connectivity index (χ4v) is 4.96. The van der Waals surface area contributed by atoms with Crippen molar-refractivity contribution in [3.8, 4) is 11.1 Å². The zero-order valence-electron chi connectivity index (χ0n) is 19.0. The van der Waals surface area contributed by atoms with Crippen LogP contribution < -0.4 is 10.9 Å². The first-order valence-corrected chi connectivity index (χ1v) is 12.5. The first kappa shape index (κ1) is 23.1. The highest BCUT2D eigenvalue weighted by atomic mass is 32.2. The molecule has 0 saturated carbocycles. The number of nitrogens with zero attached hydrogens (tertiary/aromatic N) is 4. The van der Waals surface area contributed by atoms with E-state index in [2.05, 4.69) is 15.2 Å². The van der Waals surface area contributed by atoms with Crippen molar-refractivity contribution in [3.63, 3.8) is 0 Å². The van der Waals surface area contributed by atoms with E-state index in [1.54, 1.807) is 37.6 Å². The maximum Gasteiger partial charge on any atom is 0.261 e. The maximum atomic E-state index is 12.8. The van der Waals surface area contributed by atoms with E-state index < -0.39 is 10.0 Å². The Morgan fingerprint density at radius 1 is 1.21 bits per heavy atom. The minimum atomic E-state index is -3.21. The predicted molar refractivity (Wildman–Crippen MR) is 125 cm³/mol. The summed E-state index contributed by atoms with van der Waals surface area (Å²) in [6, 6.07) is 5.16. The molecule has 1 atom stereocenters. The molecule has 4 rings (SSSR count). The number of aryl methyl sites for hydroxylation is 1. The predicted octanol–water partition coefficient (Wildman–Crippen LogP) is 1.79. The van der Waals surface area contributed by atoms with Crippen LogP contribution in [0, 0.1) is 0 Å². The van der Waals surface area contributed by atoms with Crippen LogP contribution in [0.15, 0.2) is 39.8 Å². The number of carbonyl (C=O) groups is 1. The van der Waals surface area contributed by atoms with Crippen LogP contribution in [0.2, 0.25) is 0 Å². The lowest BCUT2D eigenvalue weighted by Crippen LogP contribution is -2.48. The lowest BCUT2D eigenvalue weighted by atomic mass is 10.1. The third-order valence-electron chi connectivity index (χ3n) is 5.95. The molecule has 0 bridgehead atoms. The summed E-state index contributed by atoms with van der Waals surface area (Å²) in [7, 11) is -1.53. The summed E-state index contributed by atoms with van der Waals surface area (Å²) >= 11 is 0. The second-order valence-corrected chi connectivity index (χ2v) is 10.3. The maximum absolute atomic E-state index is 12.8. The van der Waals surface area contributed by atoms with E-state index in [1.165, 1.54) is 22.1 Å². The van der Waals surface area contributed by atoms with Crippen molar-refractivity contribution in [1.29, 1.82) is 0 Å². The fraction of sp³-hybridized carbons (Fsp3) is 0.409. The molecular weight excluding hydrogens is 446 g/mol. The van der Waals surface area contributed by atoms with E-state index in [-0.39, 0.29) is 17.5 Å². The molecule has 4 heterocycles. The van der Waals surface area contributed by atoms with Gasteiger partial charge in [0.15, 0.2) is 0 Å². The van der Waals surface area contributed by atoms with Crippen LogP contribution in [0.3, 0.4) is 0 Å². The zero-order chi connectivity index (χ0) is 23.9. The largest absolute Gasteiger partial charge is 0.458 e. The summed E-state index contributed by atoms with van der Waals surface area (Å²) in [4.78, 5) is 30.6. The molecule has 33 heavy (non-hydrogen) atoms. The highest BCUT2D eigenvalue weighted by molar-refractivity contribution is 7.88. The zero-order valence-corrected chi connectivity index (χ0v) is 19.8. The van der Waals surface area contributed by atoms with Gasteiger partial charge in [0.1, 0.15) is 17.2 Å². The summed E-state index contributed by atoms with van der Waals surface area (Å²) in [5.74, 6) is 0.819. The minimum Gasteiger partial charge on any atom is -0.458 e. The van der Waals surface area contributed by atoms with E-state index in [9.17, 15) is 18.0 Å². The number of amides is 1. The van der Waals surface area contributed by atoms with E-state index in [0.717, 1.165) is 5.56 Å². The minimum absolute atomic E-state index is 0.135. The Morgan fingerprint density at radius 2 is 1.91 bits per heavy atom. The Balaban J connectivity index is 1.70. The summed E-state index contributed by atoms with van der Waals surface area (Å²) in [6.07, 6.45) is 4.52. The van der Waals surface area contributed by atoms with Gasteiger partial charge in [0.25, 0.3) is 5.56 Å². The highest BCUT2D eigenvalue weighted by Gasteiger charge is 2.28. The fourth-order valence-electron chi connectivity index (χ4n) is 4.13. The van der Waals surface area contributed by atoms with Crippen molar-refractivity contribution in [2.24, 2.45) is 7.05 Å². The third kappa shape index (κ3) is 4.70. The molecule has 10 nitrogen and oxygen atoms in total. The molecule has 1 aliphatic rings. The number of hydrogen-bond donors (Lipinski definition) is 1. The van der Waals surface area contributed by atoms with Crippen molar-refractivity contribution < 1.29 is 17.6 Å². The van der Waals surface area contributed by atoms with Gasteiger partial charge in [-0.1, -0.05) is 0 Å². The molecule has 0 spiro atoms. The van der Waals surface area contributed by atoms with Gasteiger partial charge >= 0.3 is 0 Å². The first-order chi connectivity index (χ1) is 15.5. The average Bonchev–Trinajstić information content (AvgIpc) is 3.21. The third-order valence-corrected chi connectivity index (χ3v) is 7.25. The summed E-state index contributed by atoms with van der Waals surface area (Å²) in [6.45, 7) is 5.37. The van der Waals surface area contributed by atoms with Crippen LogP contribution in [-0.2, 0) is 21.9 Å². The van der Waals surface area contributed by atoms with Gasteiger partial charge < -0.3 is 14.3 Å². The molecule has 3 aromatic rings. The van der Waals surface area contributed by atoms with Gasteiger partial charge in [-0.05, 0) is 30.7 Å². The van der Waals surface area contributed by atoms with Gasteiger partial charge in [0.2, 0.25) is 15.9 Å². The topological polar surface area (TPSA) is 118 Å². The number of sulfonamides is 1. The molecule has 1 saturated heterocycles. The number of furan rings is 1. The molecule has 11 heteroatoms. The smallest absolute Gasteiger partial charge is 0.261 e.